The van der Waals surface area contributed by atoms with E-state index >= 15 is 0 Å². The van der Waals surface area contributed by atoms with Crippen molar-refractivity contribution in [2.45, 2.75) is 32.5 Å². The summed E-state index contributed by atoms with van der Waals surface area (Å²) >= 11 is 0. The first-order valence-corrected chi connectivity index (χ1v) is 7.06. The number of hydrogen-bond acceptors (Lipinski definition) is 3. The molecule has 21 heavy (non-hydrogen) atoms. The van der Waals surface area contributed by atoms with Gasteiger partial charge in [0.2, 0.25) is 5.91 Å². The lowest BCUT2D eigenvalue weighted by Crippen LogP contribution is -2.22. The standard InChI is InChI=1S/C16H22N2O2.ClH/c1-2-7-20-8-3-4-16(19)18-10-13-5-6-14-11-17-12-15(14)9-13;/h2,5-6,9,17H,1,3-4,7-8,10-12H2,(H,18,19);1H. The van der Waals surface area contributed by atoms with Crippen LogP contribution in [0.4, 0.5) is 0 Å². The number of ether oxygens (including phenoxy) is 1. The van der Waals surface area contributed by atoms with E-state index in [0.29, 0.717) is 26.2 Å². The molecule has 2 N–H and O–H groups in total. The summed E-state index contributed by atoms with van der Waals surface area (Å²) < 4.78 is 5.24. The second-order valence-electron chi connectivity index (χ2n) is 4.95. The number of fused-ring (bicyclic) bond motifs is 1. The van der Waals surface area contributed by atoms with E-state index in [-0.39, 0.29) is 18.3 Å². The van der Waals surface area contributed by atoms with Crippen LogP contribution in [0, 0.1) is 0 Å². The molecule has 1 amide bonds. The molecule has 0 bridgehead atoms. The van der Waals surface area contributed by atoms with E-state index in [2.05, 4.69) is 35.4 Å². The molecule has 0 radical (unpaired) electrons. The van der Waals surface area contributed by atoms with Crippen LogP contribution >= 0.6 is 12.4 Å². The highest BCUT2D eigenvalue weighted by Crippen LogP contribution is 2.16. The van der Waals surface area contributed by atoms with Crippen molar-refractivity contribution >= 4 is 18.3 Å². The fraction of sp³-hybridized carbons (Fsp3) is 0.438. The minimum Gasteiger partial charge on any atom is -0.377 e. The van der Waals surface area contributed by atoms with Crippen molar-refractivity contribution in [3.63, 3.8) is 0 Å². The molecule has 1 heterocycles. The third-order valence-corrected chi connectivity index (χ3v) is 3.32. The monoisotopic (exact) mass is 310 g/mol. The lowest BCUT2D eigenvalue weighted by molar-refractivity contribution is -0.121. The second-order valence-corrected chi connectivity index (χ2v) is 4.95. The molecule has 2 rings (SSSR count). The van der Waals surface area contributed by atoms with E-state index in [9.17, 15) is 4.79 Å². The van der Waals surface area contributed by atoms with E-state index in [1.807, 2.05) is 0 Å². The molecule has 4 nitrogen and oxygen atoms in total. The molecular weight excluding hydrogens is 288 g/mol. The highest BCUT2D eigenvalue weighted by molar-refractivity contribution is 5.85. The first-order valence-electron chi connectivity index (χ1n) is 7.06. The largest absolute Gasteiger partial charge is 0.377 e. The normalized spacial score (nSPS) is 12.4. The number of hydrogen-bond donors (Lipinski definition) is 2. The predicted molar refractivity (Wildman–Crippen MR) is 86.3 cm³/mol. The summed E-state index contributed by atoms with van der Waals surface area (Å²) in [7, 11) is 0. The van der Waals surface area contributed by atoms with Crippen molar-refractivity contribution < 1.29 is 9.53 Å². The van der Waals surface area contributed by atoms with Gasteiger partial charge in [-0.3, -0.25) is 4.79 Å². The van der Waals surface area contributed by atoms with E-state index < -0.39 is 0 Å². The fourth-order valence-electron chi connectivity index (χ4n) is 2.25. The summed E-state index contributed by atoms with van der Waals surface area (Å²) in [5, 5.41) is 6.26. The number of amides is 1. The van der Waals surface area contributed by atoms with E-state index in [1.54, 1.807) is 6.08 Å². The molecule has 5 heteroatoms. The maximum Gasteiger partial charge on any atom is 0.220 e. The molecule has 1 aliphatic rings. The average Bonchev–Trinajstić information content (AvgIpc) is 2.92. The van der Waals surface area contributed by atoms with Gasteiger partial charge in [0, 0.05) is 32.7 Å². The van der Waals surface area contributed by atoms with Crippen LogP contribution < -0.4 is 10.6 Å². The number of nitrogens with one attached hydrogen (secondary N) is 2. The molecule has 0 aliphatic carbocycles. The molecule has 1 aliphatic heterocycles. The third kappa shape index (κ3) is 5.87. The number of halogens is 1. The first kappa shape index (κ1) is 17.7. The Bertz CT molecular complexity index is 477. The second kappa shape index (κ2) is 9.55. The van der Waals surface area contributed by atoms with Gasteiger partial charge < -0.3 is 15.4 Å². The average molecular weight is 311 g/mol. The van der Waals surface area contributed by atoms with Crippen LogP contribution in [0.5, 0.6) is 0 Å². The first-order chi connectivity index (χ1) is 9.79. The lowest BCUT2D eigenvalue weighted by Gasteiger charge is -2.07. The van der Waals surface area contributed by atoms with Crippen LogP contribution in [0.3, 0.4) is 0 Å². The Morgan fingerprint density at radius 2 is 2.19 bits per heavy atom. The smallest absolute Gasteiger partial charge is 0.220 e. The third-order valence-electron chi connectivity index (χ3n) is 3.32. The van der Waals surface area contributed by atoms with Crippen LogP contribution in [-0.4, -0.2) is 19.1 Å². The summed E-state index contributed by atoms with van der Waals surface area (Å²) in [6.45, 7) is 7.20. The summed E-state index contributed by atoms with van der Waals surface area (Å²) in [4.78, 5) is 11.7. The van der Waals surface area contributed by atoms with Crippen LogP contribution in [-0.2, 0) is 29.2 Å². The summed E-state index contributed by atoms with van der Waals surface area (Å²) in [5.41, 5.74) is 3.86. The molecule has 1 aromatic carbocycles. The Balaban J connectivity index is 0.00000220. The van der Waals surface area contributed by atoms with E-state index in [1.165, 1.54) is 11.1 Å². The maximum atomic E-state index is 11.7. The highest BCUT2D eigenvalue weighted by Gasteiger charge is 2.10. The molecule has 0 unspecified atom stereocenters. The summed E-state index contributed by atoms with van der Waals surface area (Å²) in [6.07, 6.45) is 2.96. The van der Waals surface area contributed by atoms with Crippen molar-refractivity contribution in [1.82, 2.24) is 10.6 Å². The zero-order valence-corrected chi connectivity index (χ0v) is 13.0. The van der Waals surface area contributed by atoms with Gasteiger partial charge in [0.25, 0.3) is 0 Å². The molecule has 0 saturated heterocycles. The summed E-state index contributed by atoms with van der Waals surface area (Å²) in [5.74, 6) is 0.0748. The zero-order valence-electron chi connectivity index (χ0n) is 12.2. The SMILES string of the molecule is C=CCOCCCC(=O)NCc1ccc2c(c1)CNC2.Cl. The Hall–Kier alpha value is -1.36. The van der Waals surface area contributed by atoms with Gasteiger partial charge in [0.15, 0.2) is 0 Å². The summed E-state index contributed by atoms with van der Waals surface area (Å²) in [6, 6.07) is 6.39. The van der Waals surface area contributed by atoms with Crippen LogP contribution in [0.15, 0.2) is 30.9 Å². The van der Waals surface area contributed by atoms with Crippen molar-refractivity contribution in [2.75, 3.05) is 13.2 Å². The molecule has 0 fully saturated rings. The van der Waals surface area contributed by atoms with Crippen LogP contribution in [0.2, 0.25) is 0 Å². The number of rotatable bonds is 8. The van der Waals surface area contributed by atoms with E-state index in [4.69, 9.17) is 4.74 Å². The van der Waals surface area contributed by atoms with Gasteiger partial charge in [-0.15, -0.1) is 19.0 Å². The van der Waals surface area contributed by atoms with Crippen molar-refractivity contribution in [3.05, 3.63) is 47.5 Å². The molecule has 116 valence electrons. The van der Waals surface area contributed by atoms with Gasteiger partial charge in [-0.1, -0.05) is 24.3 Å². The van der Waals surface area contributed by atoms with Gasteiger partial charge in [-0.25, -0.2) is 0 Å². The van der Waals surface area contributed by atoms with Crippen LogP contribution in [0.25, 0.3) is 0 Å². The number of benzene rings is 1. The maximum absolute atomic E-state index is 11.7. The molecule has 0 saturated carbocycles. The Morgan fingerprint density at radius 1 is 1.38 bits per heavy atom. The minimum absolute atomic E-state index is 0. The lowest BCUT2D eigenvalue weighted by atomic mass is 10.1. The minimum atomic E-state index is 0. The predicted octanol–water partition coefficient (Wildman–Crippen LogP) is 2.31. The molecule has 0 atom stereocenters. The fourth-order valence-corrected chi connectivity index (χ4v) is 2.25. The van der Waals surface area contributed by atoms with Gasteiger partial charge in [0.05, 0.1) is 6.61 Å². The topological polar surface area (TPSA) is 50.4 Å². The molecule has 0 spiro atoms. The molecule has 0 aromatic heterocycles. The zero-order chi connectivity index (χ0) is 14.2. The Labute approximate surface area is 132 Å². The van der Waals surface area contributed by atoms with Gasteiger partial charge in [0.1, 0.15) is 0 Å². The van der Waals surface area contributed by atoms with Gasteiger partial charge >= 0.3 is 0 Å². The number of carbonyl (C=O) groups is 1. The van der Waals surface area contributed by atoms with Gasteiger partial charge in [-0.05, 0) is 23.1 Å². The van der Waals surface area contributed by atoms with E-state index in [0.717, 1.165) is 25.1 Å². The van der Waals surface area contributed by atoms with Crippen molar-refractivity contribution in [2.24, 2.45) is 0 Å². The van der Waals surface area contributed by atoms with Crippen LogP contribution in [0.1, 0.15) is 29.5 Å². The quantitative estimate of drug-likeness (QED) is 0.572. The van der Waals surface area contributed by atoms with Crippen molar-refractivity contribution in [1.29, 1.82) is 0 Å². The molecule has 1 aromatic rings. The Kier molecular flexibility index (Phi) is 8.05. The highest BCUT2D eigenvalue weighted by atomic mass is 35.5. The number of carbonyl (C=O) groups excluding carboxylic acids is 1. The van der Waals surface area contributed by atoms with Crippen molar-refractivity contribution in [3.8, 4) is 0 Å². The Morgan fingerprint density at radius 3 is 3.00 bits per heavy atom. The molecular formula is C16H23ClN2O2. The van der Waals surface area contributed by atoms with Gasteiger partial charge in [-0.2, -0.15) is 0 Å².